The molecule has 2 rings (SSSR count). The van der Waals surface area contributed by atoms with Gasteiger partial charge in [-0.3, -0.25) is 9.59 Å². The average Bonchev–Trinajstić information content (AvgIpc) is 3.13. The summed E-state index contributed by atoms with van der Waals surface area (Å²) in [5, 5.41) is 6.24. The number of hydrogen-bond donors (Lipinski definition) is 4. The zero-order valence-electron chi connectivity index (χ0n) is 14.5. The van der Waals surface area contributed by atoms with Crippen LogP contribution in [0.2, 0.25) is 0 Å². The number of carbonyl (C=O) groups excluding carboxylic acids is 2. The lowest BCUT2D eigenvalue weighted by Gasteiger charge is -2.14. The monoisotopic (exact) mass is 411 g/mol. The van der Waals surface area contributed by atoms with E-state index in [2.05, 4.69) is 15.6 Å². The Morgan fingerprint density at radius 1 is 1.21 bits per heavy atom. The van der Waals surface area contributed by atoms with Gasteiger partial charge in [0.2, 0.25) is 5.91 Å². The van der Waals surface area contributed by atoms with E-state index < -0.39 is 23.6 Å². The van der Waals surface area contributed by atoms with Crippen molar-refractivity contribution in [2.45, 2.75) is 13.1 Å². The molecule has 1 aromatic carbocycles. The number of carbonyl (C=O) groups is 2. The number of alkyl halides is 3. The van der Waals surface area contributed by atoms with Gasteiger partial charge in [-0.15, -0.1) is 11.3 Å². The van der Waals surface area contributed by atoms with Crippen LogP contribution in [-0.4, -0.2) is 16.8 Å². The molecule has 0 saturated heterocycles. The fraction of sp³-hybridized carbons (Fsp3) is 0.118. The smallest absolute Gasteiger partial charge is 0.398 e. The molecular weight excluding hydrogens is 395 g/mol. The van der Waals surface area contributed by atoms with Gasteiger partial charge in [-0.25, -0.2) is 4.98 Å². The summed E-state index contributed by atoms with van der Waals surface area (Å²) < 4.78 is 38.7. The fourth-order valence-electron chi connectivity index (χ4n) is 2.10. The van der Waals surface area contributed by atoms with Crippen LogP contribution < -0.4 is 22.1 Å². The zero-order chi connectivity index (χ0) is 20.9. The van der Waals surface area contributed by atoms with Gasteiger partial charge in [0.15, 0.2) is 0 Å². The van der Waals surface area contributed by atoms with Crippen molar-refractivity contribution in [1.29, 1.82) is 0 Å². The number of allylic oxidation sites excluding steroid dienone is 2. The van der Waals surface area contributed by atoms with Gasteiger partial charge in [0.05, 0.1) is 16.8 Å². The molecule has 11 heteroatoms. The molecule has 0 fully saturated rings. The zero-order valence-corrected chi connectivity index (χ0v) is 15.3. The van der Waals surface area contributed by atoms with Gasteiger partial charge in [-0.1, -0.05) is 6.07 Å². The number of anilines is 1. The highest BCUT2D eigenvalue weighted by molar-refractivity contribution is 7.07. The van der Waals surface area contributed by atoms with Crippen LogP contribution in [0.15, 0.2) is 47.1 Å². The van der Waals surface area contributed by atoms with E-state index in [0.717, 1.165) is 25.1 Å². The molecule has 0 atom stereocenters. The van der Waals surface area contributed by atoms with Crippen molar-refractivity contribution >= 4 is 34.5 Å². The Balaban J connectivity index is 2.26. The van der Waals surface area contributed by atoms with Gasteiger partial charge >= 0.3 is 6.18 Å². The second-order valence-electron chi connectivity index (χ2n) is 5.51. The third-order valence-corrected chi connectivity index (χ3v) is 3.92. The van der Waals surface area contributed by atoms with E-state index in [1.54, 1.807) is 0 Å². The fourth-order valence-corrected chi connectivity index (χ4v) is 2.63. The van der Waals surface area contributed by atoms with Crippen molar-refractivity contribution in [2.24, 2.45) is 11.5 Å². The third kappa shape index (κ3) is 5.58. The molecule has 1 heterocycles. The van der Waals surface area contributed by atoms with Crippen molar-refractivity contribution in [3.05, 3.63) is 63.9 Å². The number of rotatable bonds is 5. The lowest BCUT2D eigenvalue weighted by atomic mass is 10.1. The molecule has 0 bridgehead atoms. The van der Waals surface area contributed by atoms with Crippen LogP contribution in [0.25, 0.3) is 5.70 Å². The Kier molecular flexibility index (Phi) is 6.41. The first-order valence-corrected chi connectivity index (χ1v) is 8.64. The maximum atomic E-state index is 12.9. The van der Waals surface area contributed by atoms with E-state index in [-0.39, 0.29) is 28.5 Å². The maximum Gasteiger partial charge on any atom is 0.416 e. The molecule has 7 nitrogen and oxygen atoms in total. The molecule has 0 aliphatic rings. The predicted octanol–water partition coefficient (Wildman–Crippen LogP) is 2.65. The number of halogens is 3. The number of nitrogens with two attached hydrogens (primary N) is 2. The quantitative estimate of drug-likeness (QED) is 0.563. The number of thiazole rings is 1. The summed E-state index contributed by atoms with van der Waals surface area (Å²) in [4.78, 5) is 27.0. The van der Waals surface area contributed by atoms with Gasteiger partial charge in [0.25, 0.3) is 5.91 Å². The Morgan fingerprint density at radius 2 is 1.93 bits per heavy atom. The van der Waals surface area contributed by atoms with Gasteiger partial charge in [-0.05, 0) is 24.3 Å². The number of nitrogens with one attached hydrogen (secondary N) is 2. The van der Waals surface area contributed by atoms with Crippen molar-refractivity contribution in [2.75, 3.05) is 5.32 Å². The van der Waals surface area contributed by atoms with Crippen LogP contribution >= 0.6 is 11.3 Å². The summed E-state index contributed by atoms with van der Waals surface area (Å²) in [6.45, 7) is 1.16. The molecule has 0 unspecified atom stereocenters. The van der Waals surface area contributed by atoms with Crippen LogP contribution in [0.5, 0.6) is 0 Å². The first-order valence-electron chi connectivity index (χ1n) is 7.69. The summed E-state index contributed by atoms with van der Waals surface area (Å²) in [5.41, 5.74) is 12.4. The molecule has 148 valence electrons. The molecule has 6 N–H and O–H groups in total. The summed E-state index contributed by atoms with van der Waals surface area (Å²) in [6.07, 6.45) is -2.01. The van der Waals surface area contributed by atoms with E-state index in [0.29, 0.717) is 0 Å². The average molecular weight is 411 g/mol. The Morgan fingerprint density at radius 3 is 2.50 bits per heavy atom. The van der Waals surface area contributed by atoms with Crippen molar-refractivity contribution in [1.82, 2.24) is 10.3 Å². The van der Waals surface area contributed by atoms with Gasteiger partial charge in [0, 0.05) is 23.6 Å². The molecule has 28 heavy (non-hydrogen) atoms. The molecule has 2 aromatic rings. The minimum atomic E-state index is -4.57. The van der Waals surface area contributed by atoms with Gasteiger partial charge in [-0.2, -0.15) is 13.2 Å². The summed E-state index contributed by atoms with van der Waals surface area (Å²) >= 11 is 1.24. The van der Waals surface area contributed by atoms with E-state index in [9.17, 15) is 22.8 Å². The molecule has 0 radical (unpaired) electrons. The predicted molar refractivity (Wildman–Crippen MR) is 99.8 cm³/mol. The molecular formula is C17H16F3N5O2S. The van der Waals surface area contributed by atoms with E-state index in [4.69, 9.17) is 11.5 Å². The Bertz CT molecular complexity index is 937. The van der Waals surface area contributed by atoms with Gasteiger partial charge in [0.1, 0.15) is 11.5 Å². The number of nitrogens with zero attached hydrogens (tertiary/aromatic N) is 1. The van der Waals surface area contributed by atoms with Crippen molar-refractivity contribution < 1.29 is 22.8 Å². The van der Waals surface area contributed by atoms with Crippen molar-refractivity contribution in [3.8, 4) is 0 Å². The topological polar surface area (TPSA) is 123 Å². The van der Waals surface area contributed by atoms with Gasteiger partial charge < -0.3 is 22.1 Å². The number of amides is 2. The summed E-state index contributed by atoms with van der Waals surface area (Å²) in [5.74, 6) is -1.12. The van der Waals surface area contributed by atoms with E-state index >= 15 is 0 Å². The Hall–Kier alpha value is -3.34. The minimum Gasteiger partial charge on any atom is -0.398 e. The molecule has 0 saturated carbocycles. The molecule has 0 aliphatic carbocycles. The highest BCUT2D eigenvalue weighted by atomic mass is 32.1. The highest BCUT2D eigenvalue weighted by Gasteiger charge is 2.31. The molecule has 2 amide bonds. The molecule has 0 aliphatic heterocycles. The Labute approximate surface area is 161 Å². The van der Waals surface area contributed by atoms with Crippen LogP contribution in [-0.2, 0) is 11.0 Å². The number of aromatic nitrogens is 1. The van der Waals surface area contributed by atoms with Crippen LogP contribution in [0.1, 0.15) is 28.5 Å². The minimum absolute atomic E-state index is 0.0309. The second kappa shape index (κ2) is 8.57. The van der Waals surface area contributed by atoms with Crippen LogP contribution in [0.4, 0.5) is 18.9 Å². The standard InChI is InChI=1S/C17H16F3N5O2S/c1-9(26)24-13-6-10(17(18,19)20)2-3-11(13)12(21)4-5-15(22)25-16(27)14-7-28-8-23-14/h2-8H,21-22H2,1H3,(H,24,26)(H,25,27)/b12-4-,15-5+. The third-order valence-electron chi connectivity index (χ3n) is 3.33. The molecule has 1 aromatic heterocycles. The summed E-state index contributed by atoms with van der Waals surface area (Å²) in [6, 6.07) is 2.77. The van der Waals surface area contributed by atoms with E-state index in [1.165, 1.54) is 34.4 Å². The second-order valence-corrected chi connectivity index (χ2v) is 6.23. The lowest BCUT2D eigenvalue weighted by Crippen LogP contribution is -2.27. The normalized spacial score (nSPS) is 12.6. The lowest BCUT2D eigenvalue weighted by molar-refractivity contribution is -0.137. The largest absolute Gasteiger partial charge is 0.416 e. The summed E-state index contributed by atoms with van der Waals surface area (Å²) in [7, 11) is 0. The molecule has 0 spiro atoms. The SMILES string of the molecule is CC(=O)Nc1cc(C(F)(F)F)ccc1/C(N)=C/C=C(\N)NC(=O)c1cscn1. The maximum absolute atomic E-state index is 12.9. The van der Waals surface area contributed by atoms with Crippen LogP contribution in [0, 0.1) is 0 Å². The highest BCUT2D eigenvalue weighted by Crippen LogP contribution is 2.33. The first kappa shape index (κ1) is 21.0. The van der Waals surface area contributed by atoms with Crippen LogP contribution in [0.3, 0.4) is 0 Å². The van der Waals surface area contributed by atoms with E-state index in [1.807, 2.05) is 0 Å². The number of hydrogen-bond acceptors (Lipinski definition) is 6. The van der Waals surface area contributed by atoms with Crippen molar-refractivity contribution in [3.63, 3.8) is 0 Å². The number of benzene rings is 1. The first-order chi connectivity index (χ1) is 13.1.